The van der Waals surface area contributed by atoms with Crippen molar-refractivity contribution in [2.24, 2.45) is 5.10 Å². The van der Waals surface area contributed by atoms with E-state index in [9.17, 15) is 9.59 Å². The number of ether oxygens (including phenoxy) is 2. The molecule has 184 valence electrons. The van der Waals surface area contributed by atoms with Crippen LogP contribution in [0.25, 0.3) is 10.9 Å². The first-order valence-electron chi connectivity index (χ1n) is 11.4. The molecule has 0 radical (unpaired) electrons. The Bertz CT molecular complexity index is 1320. The van der Waals surface area contributed by atoms with E-state index in [0.717, 1.165) is 10.9 Å². The average molecular weight is 562 g/mol. The minimum atomic E-state index is -0.240. The number of rotatable bonds is 7. The first-order valence-corrected chi connectivity index (χ1v) is 12.6. The summed E-state index contributed by atoms with van der Waals surface area (Å²) in [5.74, 6) is 0.926. The SMILES string of the molecule is CC[C@@H](C)c1nc2ccc(Br)cc2c(=O)n1N=Cc1ccc(OCC(=O)N2CCOCC2)c(Cl)c1. The molecular weight excluding hydrogens is 536 g/mol. The first kappa shape index (κ1) is 25.3. The van der Waals surface area contributed by atoms with Gasteiger partial charge in [0.05, 0.1) is 35.4 Å². The molecule has 1 atom stereocenters. The number of aromatic nitrogens is 2. The van der Waals surface area contributed by atoms with E-state index in [1.165, 1.54) is 4.68 Å². The molecule has 0 N–H and O–H groups in total. The number of benzene rings is 2. The van der Waals surface area contributed by atoms with Crippen LogP contribution in [0.2, 0.25) is 5.02 Å². The van der Waals surface area contributed by atoms with Crippen LogP contribution in [0.15, 0.2) is 50.8 Å². The second-order valence-electron chi connectivity index (χ2n) is 8.27. The summed E-state index contributed by atoms with van der Waals surface area (Å²) in [5.41, 5.74) is 1.07. The maximum absolute atomic E-state index is 13.2. The van der Waals surface area contributed by atoms with Crippen LogP contribution in [0.5, 0.6) is 5.75 Å². The van der Waals surface area contributed by atoms with E-state index >= 15 is 0 Å². The fraction of sp³-hybridized carbons (Fsp3) is 0.360. The fourth-order valence-corrected chi connectivity index (χ4v) is 4.27. The molecule has 0 spiro atoms. The number of carbonyl (C=O) groups is 1. The van der Waals surface area contributed by atoms with E-state index < -0.39 is 0 Å². The van der Waals surface area contributed by atoms with Gasteiger partial charge in [-0.1, -0.05) is 41.4 Å². The Labute approximate surface area is 216 Å². The minimum absolute atomic E-state index is 0.0382. The van der Waals surface area contributed by atoms with Crippen LogP contribution in [0.1, 0.15) is 37.6 Å². The van der Waals surface area contributed by atoms with Crippen molar-refractivity contribution in [3.8, 4) is 5.75 Å². The fourth-order valence-electron chi connectivity index (χ4n) is 3.66. The van der Waals surface area contributed by atoms with Crippen molar-refractivity contribution >= 4 is 50.6 Å². The van der Waals surface area contributed by atoms with Crippen LogP contribution in [0, 0.1) is 0 Å². The van der Waals surface area contributed by atoms with Crippen molar-refractivity contribution in [3.63, 3.8) is 0 Å². The summed E-state index contributed by atoms with van der Waals surface area (Å²) in [6.07, 6.45) is 2.37. The summed E-state index contributed by atoms with van der Waals surface area (Å²) in [6, 6.07) is 10.6. The summed E-state index contributed by atoms with van der Waals surface area (Å²) < 4.78 is 13.0. The third-order valence-corrected chi connectivity index (χ3v) is 6.67. The van der Waals surface area contributed by atoms with E-state index in [-0.39, 0.29) is 24.0 Å². The molecule has 0 bridgehead atoms. The third-order valence-electron chi connectivity index (χ3n) is 5.88. The van der Waals surface area contributed by atoms with Crippen molar-refractivity contribution in [2.45, 2.75) is 26.2 Å². The van der Waals surface area contributed by atoms with Crippen molar-refractivity contribution in [1.82, 2.24) is 14.6 Å². The summed E-state index contributed by atoms with van der Waals surface area (Å²) >= 11 is 9.81. The lowest BCUT2D eigenvalue weighted by Gasteiger charge is -2.26. The molecule has 1 aliphatic rings. The summed E-state index contributed by atoms with van der Waals surface area (Å²) in [4.78, 5) is 32.0. The quantitative estimate of drug-likeness (QED) is 0.398. The van der Waals surface area contributed by atoms with Gasteiger partial charge in [0.15, 0.2) is 6.61 Å². The predicted octanol–water partition coefficient (Wildman–Crippen LogP) is 4.45. The van der Waals surface area contributed by atoms with Crippen LogP contribution >= 0.6 is 27.5 Å². The molecule has 0 saturated carbocycles. The molecule has 4 rings (SSSR count). The van der Waals surface area contributed by atoms with Gasteiger partial charge in [-0.2, -0.15) is 9.78 Å². The minimum Gasteiger partial charge on any atom is -0.482 e. The number of carbonyl (C=O) groups excluding carboxylic acids is 1. The van der Waals surface area contributed by atoms with Gasteiger partial charge in [-0.3, -0.25) is 9.59 Å². The Kier molecular flexibility index (Phi) is 8.20. The summed E-state index contributed by atoms with van der Waals surface area (Å²) in [7, 11) is 0. The molecule has 1 saturated heterocycles. The molecule has 2 heterocycles. The van der Waals surface area contributed by atoms with E-state index in [0.29, 0.717) is 59.4 Å². The van der Waals surface area contributed by atoms with Crippen LogP contribution in [0.3, 0.4) is 0 Å². The number of amides is 1. The standard InChI is InChI=1S/C25H26BrClN4O4/c1-3-16(2)24-29-21-6-5-18(26)13-19(21)25(33)31(24)28-14-17-4-7-22(20(27)12-17)35-15-23(32)30-8-10-34-11-9-30/h4-7,12-14,16H,3,8-11,15H2,1-2H3/t16-/m1/s1. The molecule has 1 aliphatic heterocycles. The highest BCUT2D eigenvalue weighted by Gasteiger charge is 2.18. The molecule has 2 aromatic carbocycles. The van der Waals surface area contributed by atoms with Crippen molar-refractivity contribution < 1.29 is 14.3 Å². The Hall–Kier alpha value is -2.75. The normalized spacial score (nSPS) is 15.0. The molecule has 8 nitrogen and oxygen atoms in total. The lowest BCUT2D eigenvalue weighted by Crippen LogP contribution is -2.43. The van der Waals surface area contributed by atoms with Gasteiger partial charge in [-0.15, -0.1) is 0 Å². The van der Waals surface area contributed by atoms with Gasteiger partial charge in [0.1, 0.15) is 11.6 Å². The van der Waals surface area contributed by atoms with Crippen LogP contribution in [-0.2, 0) is 9.53 Å². The van der Waals surface area contributed by atoms with E-state index in [4.69, 9.17) is 26.1 Å². The second-order valence-corrected chi connectivity index (χ2v) is 9.60. The maximum Gasteiger partial charge on any atom is 0.282 e. The zero-order valence-electron chi connectivity index (χ0n) is 19.5. The van der Waals surface area contributed by atoms with E-state index in [2.05, 4.69) is 21.0 Å². The van der Waals surface area contributed by atoms with Crippen molar-refractivity contribution in [3.05, 3.63) is 67.6 Å². The molecular formula is C25H26BrClN4O4. The van der Waals surface area contributed by atoms with Crippen LogP contribution < -0.4 is 10.3 Å². The van der Waals surface area contributed by atoms with Gasteiger partial charge in [-0.05, 0) is 48.4 Å². The monoisotopic (exact) mass is 560 g/mol. The number of morpholine rings is 1. The Morgan fingerprint density at radius 3 is 2.77 bits per heavy atom. The van der Waals surface area contributed by atoms with Crippen molar-refractivity contribution in [1.29, 1.82) is 0 Å². The van der Waals surface area contributed by atoms with Gasteiger partial charge in [0.2, 0.25) is 0 Å². The molecule has 1 fully saturated rings. The smallest absolute Gasteiger partial charge is 0.282 e. The van der Waals surface area contributed by atoms with Crippen molar-refractivity contribution in [2.75, 3.05) is 32.9 Å². The second kappa shape index (κ2) is 11.3. The van der Waals surface area contributed by atoms with Gasteiger partial charge < -0.3 is 14.4 Å². The highest BCUT2D eigenvalue weighted by Crippen LogP contribution is 2.25. The van der Waals surface area contributed by atoms with Crippen LogP contribution in [-0.4, -0.2) is 59.6 Å². The predicted molar refractivity (Wildman–Crippen MR) is 140 cm³/mol. The first-order chi connectivity index (χ1) is 16.9. The zero-order valence-corrected chi connectivity index (χ0v) is 21.9. The maximum atomic E-state index is 13.2. The Morgan fingerprint density at radius 1 is 1.29 bits per heavy atom. The zero-order chi connectivity index (χ0) is 24.9. The highest BCUT2D eigenvalue weighted by atomic mass is 79.9. The number of fused-ring (bicyclic) bond motifs is 1. The third kappa shape index (κ3) is 5.91. The molecule has 10 heteroatoms. The number of hydrogen-bond donors (Lipinski definition) is 0. The molecule has 1 aromatic heterocycles. The number of halogens is 2. The van der Waals surface area contributed by atoms with Gasteiger partial charge >= 0.3 is 0 Å². The van der Waals surface area contributed by atoms with Gasteiger partial charge in [0.25, 0.3) is 11.5 Å². The molecule has 0 aliphatic carbocycles. The van der Waals surface area contributed by atoms with Gasteiger partial charge in [-0.25, -0.2) is 4.98 Å². The van der Waals surface area contributed by atoms with E-state index in [1.807, 2.05) is 26.0 Å². The Morgan fingerprint density at radius 2 is 2.06 bits per heavy atom. The summed E-state index contributed by atoms with van der Waals surface area (Å²) in [5, 5.41) is 5.29. The largest absolute Gasteiger partial charge is 0.482 e. The molecule has 35 heavy (non-hydrogen) atoms. The lowest BCUT2D eigenvalue weighted by molar-refractivity contribution is -0.137. The number of nitrogens with zero attached hydrogens (tertiary/aromatic N) is 4. The molecule has 1 amide bonds. The topological polar surface area (TPSA) is 86.0 Å². The van der Waals surface area contributed by atoms with Gasteiger partial charge in [0, 0.05) is 23.5 Å². The average Bonchev–Trinajstić information content (AvgIpc) is 2.87. The molecule has 0 unspecified atom stereocenters. The number of hydrogen-bond acceptors (Lipinski definition) is 6. The van der Waals surface area contributed by atoms with E-state index in [1.54, 1.807) is 35.4 Å². The highest BCUT2D eigenvalue weighted by molar-refractivity contribution is 9.10. The lowest BCUT2D eigenvalue weighted by atomic mass is 10.1. The summed E-state index contributed by atoms with van der Waals surface area (Å²) in [6.45, 7) is 6.14. The van der Waals surface area contributed by atoms with Crippen LogP contribution in [0.4, 0.5) is 0 Å². The Balaban J connectivity index is 1.56. The molecule has 3 aromatic rings.